The van der Waals surface area contributed by atoms with Gasteiger partial charge in [0.15, 0.2) is 0 Å². The molecule has 1 N–H and O–H groups in total. The smallest absolute Gasteiger partial charge is 0.317 e. The number of rotatable bonds is 4. The van der Waals surface area contributed by atoms with Gasteiger partial charge in [-0.2, -0.15) is 0 Å². The summed E-state index contributed by atoms with van der Waals surface area (Å²) in [6.07, 6.45) is 3.46. The van der Waals surface area contributed by atoms with E-state index in [2.05, 4.69) is 4.90 Å². The van der Waals surface area contributed by atoms with Crippen LogP contribution in [-0.4, -0.2) is 66.3 Å². The molecule has 2 bridgehead atoms. The van der Waals surface area contributed by atoms with Crippen LogP contribution in [0.2, 0.25) is 0 Å². The molecule has 2 fully saturated rings. The number of ether oxygens (including phenoxy) is 1. The van der Waals surface area contributed by atoms with Crippen LogP contribution in [0.25, 0.3) is 0 Å². The summed E-state index contributed by atoms with van der Waals surface area (Å²) in [6.45, 7) is 4.84. The van der Waals surface area contributed by atoms with Gasteiger partial charge in [0, 0.05) is 43.7 Å². The van der Waals surface area contributed by atoms with Gasteiger partial charge >= 0.3 is 5.97 Å². The molecule has 0 aromatic carbocycles. The third-order valence-corrected chi connectivity index (χ3v) is 3.98. The third-order valence-electron chi connectivity index (χ3n) is 3.98. The van der Waals surface area contributed by atoms with E-state index in [0.717, 1.165) is 31.7 Å². The molecular weight excluding hydrogens is 260 g/mol. The lowest BCUT2D eigenvalue weighted by Gasteiger charge is -2.30. The summed E-state index contributed by atoms with van der Waals surface area (Å²) in [4.78, 5) is 15.4. The van der Waals surface area contributed by atoms with Crippen molar-refractivity contribution in [2.45, 2.75) is 12.6 Å². The minimum atomic E-state index is -0.757. The first-order chi connectivity index (χ1) is 9.70. The van der Waals surface area contributed by atoms with Gasteiger partial charge < -0.3 is 14.3 Å². The molecule has 2 saturated heterocycles. The zero-order valence-electron chi connectivity index (χ0n) is 11.4. The first kappa shape index (κ1) is 13.6. The summed E-state index contributed by atoms with van der Waals surface area (Å²) in [5.41, 5.74) is 1.15. The Hall–Kier alpha value is -1.37. The number of aliphatic carboxylic acids is 1. The fourth-order valence-corrected chi connectivity index (χ4v) is 3.16. The predicted octanol–water partition coefficient (Wildman–Crippen LogP) is 0.497. The summed E-state index contributed by atoms with van der Waals surface area (Å²) in [5, 5.41) is 9.00. The van der Waals surface area contributed by atoms with Gasteiger partial charge in [0.1, 0.15) is 0 Å². The summed E-state index contributed by atoms with van der Waals surface area (Å²) < 4.78 is 10.9. The number of carboxylic acid groups (broad SMARTS) is 1. The van der Waals surface area contributed by atoms with E-state index in [1.54, 1.807) is 12.5 Å². The van der Waals surface area contributed by atoms with Crippen molar-refractivity contribution < 1.29 is 19.1 Å². The molecule has 2 aliphatic heterocycles. The Morgan fingerprint density at radius 1 is 1.35 bits per heavy atom. The molecule has 0 aliphatic carbocycles. The number of carbonyl (C=O) groups is 1. The van der Waals surface area contributed by atoms with Gasteiger partial charge in [-0.05, 0) is 6.07 Å². The van der Waals surface area contributed by atoms with Gasteiger partial charge in [0.25, 0.3) is 0 Å². The quantitative estimate of drug-likeness (QED) is 0.866. The molecule has 0 radical (unpaired) electrons. The van der Waals surface area contributed by atoms with Gasteiger partial charge in [0.2, 0.25) is 0 Å². The molecular formula is C14H20N2O4. The van der Waals surface area contributed by atoms with Crippen LogP contribution in [0.5, 0.6) is 0 Å². The summed E-state index contributed by atoms with van der Waals surface area (Å²) in [6, 6.07) is 2.22. The van der Waals surface area contributed by atoms with E-state index in [4.69, 9.17) is 14.3 Å². The van der Waals surface area contributed by atoms with Crippen molar-refractivity contribution in [3.8, 4) is 0 Å². The molecule has 6 heteroatoms. The minimum absolute atomic E-state index is 0.118. The second-order valence-corrected chi connectivity index (χ2v) is 5.71. The number of nitrogens with zero attached hydrogens (tertiary/aromatic N) is 2. The van der Waals surface area contributed by atoms with Crippen LogP contribution in [0.3, 0.4) is 0 Å². The van der Waals surface area contributed by atoms with Crippen LogP contribution < -0.4 is 0 Å². The van der Waals surface area contributed by atoms with E-state index in [1.165, 1.54) is 0 Å². The highest BCUT2D eigenvalue weighted by Crippen LogP contribution is 2.21. The number of fused-ring (bicyclic) bond motifs is 3. The Bertz CT molecular complexity index is 448. The number of hydrogen-bond acceptors (Lipinski definition) is 5. The largest absolute Gasteiger partial charge is 0.480 e. The van der Waals surface area contributed by atoms with Gasteiger partial charge in [-0.25, -0.2) is 0 Å². The maximum atomic E-state index is 10.9. The standard InChI is InChI=1S/C14H20N2O4/c17-14(18)7-15-3-12-5-16(4-11-1-2-19-8-11)13(6-15)10-20-9-12/h1-2,8,12-13H,3-7,9-10H2,(H,17,18)/t12-,13-/m0/s1. The van der Waals surface area contributed by atoms with Crippen LogP contribution in [-0.2, 0) is 16.1 Å². The number of hydrogen-bond donors (Lipinski definition) is 1. The number of carboxylic acids is 1. The first-order valence-electron chi connectivity index (χ1n) is 6.97. The van der Waals surface area contributed by atoms with E-state index < -0.39 is 5.97 Å². The maximum Gasteiger partial charge on any atom is 0.317 e. The fraction of sp³-hybridized carbons (Fsp3) is 0.643. The number of furan rings is 1. The van der Waals surface area contributed by atoms with Gasteiger partial charge in [0.05, 0.1) is 32.3 Å². The summed E-state index contributed by atoms with van der Waals surface area (Å²) >= 11 is 0. The average molecular weight is 280 g/mol. The highest BCUT2D eigenvalue weighted by molar-refractivity contribution is 5.69. The lowest BCUT2D eigenvalue weighted by atomic mass is 10.1. The topological polar surface area (TPSA) is 66.2 Å². The predicted molar refractivity (Wildman–Crippen MR) is 71.3 cm³/mol. The molecule has 0 spiro atoms. The van der Waals surface area contributed by atoms with Crippen molar-refractivity contribution in [2.24, 2.45) is 5.92 Å². The molecule has 0 amide bonds. The van der Waals surface area contributed by atoms with Crippen molar-refractivity contribution in [1.29, 1.82) is 0 Å². The zero-order valence-corrected chi connectivity index (χ0v) is 11.4. The minimum Gasteiger partial charge on any atom is -0.480 e. The van der Waals surface area contributed by atoms with Crippen LogP contribution >= 0.6 is 0 Å². The van der Waals surface area contributed by atoms with Crippen LogP contribution in [0.4, 0.5) is 0 Å². The van der Waals surface area contributed by atoms with E-state index in [-0.39, 0.29) is 12.6 Å². The normalized spacial score (nSPS) is 28.2. The molecule has 2 aliphatic rings. The second kappa shape index (κ2) is 5.95. The first-order valence-corrected chi connectivity index (χ1v) is 6.97. The van der Waals surface area contributed by atoms with E-state index >= 15 is 0 Å². The second-order valence-electron chi connectivity index (χ2n) is 5.71. The van der Waals surface area contributed by atoms with E-state index in [1.807, 2.05) is 11.0 Å². The monoisotopic (exact) mass is 280 g/mol. The van der Waals surface area contributed by atoms with Crippen LogP contribution in [0.15, 0.2) is 23.0 Å². The zero-order chi connectivity index (χ0) is 13.9. The summed E-state index contributed by atoms with van der Waals surface area (Å²) in [7, 11) is 0. The Balaban J connectivity index is 1.71. The van der Waals surface area contributed by atoms with Gasteiger partial charge in [-0.3, -0.25) is 14.6 Å². The van der Waals surface area contributed by atoms with Crippen molar-refractivity contribution in [2.75, 3.05) is 39.4 Å². The van der Waals surface area contributed by atoms with Crippen molar-refractivity contribution in [3.05, 3.63) is 24.2 Å². The molecule has 0 unspecified atom stereocenters. The maximum absolute atomic E-state index is 10.9. The third kappa shape index (κ3) is 3.20. The highest BCUT2D eigenvalue weighted by atomic mass is 16.5. The Morgan fingerprint density at radius 3 is 3.00 bits per heavy atom. The lowest BCUT2D eigenvalue weighted by molar-refractivity contribution is -0.138. The van der Waals surface area contributed by atoms with Gasteiger partial charge in [-0.1, -0.05) is 0 Å². The Morgan fingerprint density at radius 2 is 2.25 bits per heavy atom. The Labute approximate surface area is 117 Å². The molecule has 110 valence electrons. The highest BCUT2D eigenvalue weighted by Gasteiger charge is 2.33. The molecule has 3 rings (SSSR count). The van der Waals surface area contributed by atoms with Crippen molar-refractivity contribution >= 4 is 5.97 Å². The molecule has 2 atom stereocenters. The fourth-order valence-electron chi connectivity index (χ4n) is 3.16. The Kier molecular flexibility index (Phi) is 4.05. The SMILES string of the molecule is O=C(O)CN1C[C@@H]2COC[C@H](C1)N(Cc1ccoc1)C2. The lowest BCUT2D eigenvalue weighted by Crippen LogP contribution is -2.44. The van der Waals surface area contributed by atoms with Gasteiger partial charge in [-0.15, -0.1) is 0 Å². The average Bonchev–Trinajstić information content (AvgIpc) is 2.72. The summed E-state index contributed by atoms with van der Waals surface area (Å²) in [5.74, 6) is -0.388. The molecule has 1 aromatic rings. The van der Waals surface area contributed by atoms with E-state index in [9.17, 15) is 4.79 Å². The van der Waals surface area contributed by atoms with Crippen LogP contribution in [0.1, 0.15) is 5.56 Å². The molecule has 1 aromatic heterocycles. The molecule has 20 heavy (non-hydrogen) atoms. The van der Waals surface area contributed by atoms with Crippen molar-refractivity contribution in [1.82, 2.24) is 9.80 Å². The van der Waals surface area contributed by atoms with Crippen molar-refractivity contribution in [3.63, 3.8) is 0 Å². The van der Waals surface area contributed by atoms with Crippen LogP contribution in [0, 0.1) is 5.92 Å². The molecule has 0 saturated carbocycles. The molecule has 3 heterocycles. The van der Waals surface area contributed by atoms with E-state index in [0.29, 0.717) is 19.1 Å². The molecule has 6 nitrogen and oxygen atoms in total.